The maximum absolute atomic E-state index is 12.0. The molecule has 3 rings (SSSR count). The van der Waals surface area contributed by atoms with Crippen LogP contribution in [-0.4, -0.2) is 12.6 Å². The zero-order chi connectivity index (χ0) is 13.2. The first-order valence-corrected chi connectivity index (χ1v) is 6.22. The summed E-state index contributed by atoms with van der Waals surface area (Å²) in [5.74, 6) is 0. The third-order valence-corrected chi connectivity index (χ3v) is 3.29. The van der Waals surface area contributed by atoms with Crippen molar-refractivity contribution in [3.05, 3.63) is 60.2 Å². The number of hydrogen-bond donors (Lipinski definition) is 2. The standard InChI is InChI=1S/C15H15N3O/c16-12-7-4-8-13(9-12)18-10-14(17-15(18)19)11-5-2-1-3-6-11/h1-9,14H,10,16H2,(H,17,19). The Labute approximate surface area is 111 Å². The lowest BCUT2D eigenvalue weighted by Gasteiger charge is -2.15. The van der Waals surface area contributed by atoms with E-state index in [-0.39, 0.29) is 12.1 Å². The highest BCUT2D eigenvalue weighted by atomic mass is 16.2. The molecular weight excluding hydrogens is 238 g/mol. The average molecular weight is 253 g/mol. The van der Waals surface area contributed by atoms with Crippen molar-refractivity contribution in [2.45, 2.75) is 6.04 Å². The molecule has 2 aromatic carbocycles. The fourth-order valence-electron chi connectivity index (χ4n) is 2.33. The van der Waals surface area contributed by atoms with E-state index < -0.39 is 0 Å². The Bertz CT molecular complexity index is 597. The number of nitrogens with zero attached hydrogens (tertiary/aromatic N) is 1. The summed E-state index contributed by atoms with van der Waals surface area (Å²) < 4.78 is 0. The molecule has 2 aromatic rings. The minimum absolute atomic E-state index is 0.0233. The monoisotopic (exact) mass is 253 g/mol. The third-order valence-electron chi connectivity index (χ3n) is 3.29. The van der Waals surface area contributed by atoms with E-state index in [0.29, 0.717) is 12.2 Å². The van der Waals surface area contributed by atoms with Crippen molar-refractivity contribution in [3.63, 3.8) is 0 Å². The molecule has 4 heteroatoms. The van der Waals surface area contributed by atoms with Crippen LogP contribution in [0.15, 0.2) is 54.6 Å². The second-order valence-electron chi connectivity index (χ2n) is 4.62. The average Bonchev–Trinajstić information content (AvgIpc) is 2.82. The highest BCUT2D eigenvalue weighted by Gasteiger charge is 2.30. The Morgan fingerprint density at radius 1 is 1.11 bits per heavy atom. The van der Waals surface area contributed by atoms with Crippen LogP contribution in [0.1, 0.15) is 11.6 Å². The molecule has 19 heavy (non-hydrogen) atoms. The number of carbonyl (C=O) groups is 1. The largest absolute Gasteiger partial charge is 0.399 e. The Morgan fingerprint density at radius 2 is 1.89 bits per heavy atom. The number of rotatable bonds is 2. The van der Waals surface area contributed by atoms with Gasteiger partial charge in [0.25, 0.3) is 0 Å². The Balaban J connectivity index is 1.85. The molecular formula is C15H15N3O. The quantitative estimate of drug-likeness (QED) is 0.808. The summed E-state index contributed by atoms with van der Waals surface area (Å²) >= 11 is 0. The molecule has 0 spiro atoms. The first-order valence-electron chi connectivity index (χ1n) is 6.22. The summed E-state index contributed by atoms with van der Waals surface area (Å²) in [6.07, 6.45) is 0. The van der Waals surface area contributed by atoms with Crippen molar-refractivity contribution < 1.29 is 4.79 Å². The highest BCUT2D eigenvalue weighted by Crippen LogP contribution is 2.26. The predicted molar refractivity (Wildman–Crippen MR) is 75.9 cm³/mol. The van der Waals surface area contributed by atoms with Crippen LogP contribution in [0.25, 0.3) is 0 Å². The molecule has 1 heterocycles. The summed E-state index contributed by atoms with van der Waals surface area (Å²) in [5, 5.41) is 2.98. The molecule has 1 aliphatic rings. The Kier molecular flexibility index (Phi) is 2.83. The summed E-state index contributed by atoms with van der Waals surface area (Å²) in [6.45, 7) is 0.617. The number of hydrogen-bond acceptors (Lipinski definition) is 2. The van der Waals surface area contributed by atoms with Gasteiger partial charge in [0.2, 0.25) is 0 Å². The zero-order valence-corrected chi connectivity index (χ0v) is 10.4. The molecule has 2 amide bonds. The van der Waals surface area contributed by atoms with Gasteiger partial charge in [0.1, 0.15) is 0 Å². The number of nitrogens with two attached hydrogens (primary N) is 1. The molecule has 0 radical (unpaired) electrons. The lowest BCUT2D eigenvalue weighted by Crippen LogP contribution is -2.27. The number of anilines is 2. The van der Waals surface area contributed by atoms with E-state index in [1.807, 2.05) is 54.6 Å². The first kappa shape index (κ1) is 11.6. The van der Waals surface area contributed by atoms with Crippen molar-refractivity contribution in [1.82, 2.24) is 5.32 Å². The second kappa shape index (κ2) is 4.65. The van der Waals surface area contributed by atoms with Gasteiger partial charge in [-0.15, -0.1) is 0 Å². The normalized spacial score (nSPS) is 18.4. The highest BCUT2D eigenvalue weighted by molar-refractivity contribution is 5.95. The molecule has 1 unspecified atom stereocenters. The summed E-state index contributed by atoms with van der Waals surface area (Å²) in [6, 6.07) is 17.3. The molecule has 4 nitrogen and oxygen atoms in total. The smallest absolute Gasteiger partial charge is 0.322 e. The molecule has 0 aliphatic carbocycles. The van der Waals surface area contributed by atoms with Crippen molar-refractivity contribution in [2.24, 2.45) is 0 Å². The fourth-order valence-corrected chi connectivity index (χ4v) is 2.33. The van der Waals surface area contributed by atoms with Gasteiger partial charge in [0, 0.05) is 11.4 Å². The minimum atomic E-state index is -0.0838. The number of urea groups is 1. The topological polar surface area (TPSA) is 58.4 Å². The van der Waals surface area contributed by atoms with Gasteiger partial charge in [-0.3, -0.25) is 4.90 Å². The Hall–Kier alpha value is -2.49. The van der Waals surface area contributed by atoms with E-state index >= 15 is 0 Å². The van der Waals surface area contributed by atoms with Gasteiger partial charge >= 0.3 is 6.03 Å². The summed E-state index contributed by atoms with van der Waals surface area (Å²) in [4.78, 5) is 13.8. The molecule has 3 N–H and O–H groups in total. The molecule has 0 aromatic heterocycles. The molecule has 1 atom stereocenters. The van der Waals surface area contributed by atoms with Crippen molar-refractivity contribution in [3.8, 4) is 0 Å². The maximum Gasteiger partial charge on any atom is 0.322 e. The van der Waals surface area contributed by atoms with E-state index in [0.717, 1.165) is 11.3 Å². The second-order valence-corrected chi connectivity index (χ2v) is 4.62. The number of amides is 2. The first-order chi connectivity index (χ1) is 9.24. The van der Waals surface area contributed by atoms with Crippen LogP contribution in [0.2, 0.25) is 0 Å². The summed E-state index contributed by atoms with van der Waals surface area (Å²) in [5.41, 5.74) is 8.36. The van der Waals surface area contributed by atoms with Gasteiger partial charge in [-0.2, -0.15) is 0 Å². The van der Waals surface area contributed by atoms with Crippen LogP contribution in [-0.2, 0) is 0 Å². The van der Waals surface area contributed by atoms with Crippen LogP contribution in [0.4, 0.5) is 16.2 Å². The van der Waals surface area contributed by atoms with Gasteiger partial charge in [-0.25, -0.2) is 4.79 Å². The molecule has 1 saturated heterocycles. The predicted octanol–water partition coefficient (Wildman–Crippen LogP) is 2.54. The van der Waals surface area contributed by atoms with E-state index in [1.54, 1.807) is 4.90 Å². The van der Waals surface area contributed by atoms with Gasteiger partial charge in [0.15, 0.2) is 0 Å². The van der Waals surface area contributed by atoms with E-state index in [9.17, 15) is 4.79 Å². The van der Waals surface area contributed by atoms with Crippen LogP contribution in [0.5, 0.6) is 0 Å². The molecule has 0 saturated carbocycles. The Morgan fingerprint density at radius 3 is 2.63 bits per heavy atom. The number of carbonyl (C=O) groups excluding carboxylic acids is 1. The van der Waals surface area contributed by atoms with Crippen LogP contribution in [0.3, 0.4) is 0 Å². The lowest BCUT2D eigenvalue weighted by atomic mass is 10.1. The van der Waals surface area contributed by atoms with E-state index in [2.05, 4.69) is 5.32 Å². The molecule has 0 bridgehead atoms. The molecule has 1 aliphatic heterocycles. The SMILES string of the molecule is Nc1cccc(N2CC(c3ccccc3)NC2=O)c1. The van der Waals surface area contributed by atoms with Crippen LogP contribution in [0, 0.1) is 0 Å². The van der Waals surface area contributed by atoms with Crippen molar-refractivity contribution in [2.75, 3.05) is 17.2 Å². The van der Waals surface area contributed by atoms with Crippen LogP contribution >= 0.6 is 0 Å². The lowest BCUT2D eigenvalue weighted by molar-refractivity contribution is 0.251. The van der Waals surface area contributed by atoms with Gasteiger partial charge in [-0.05, 0) is 23.8 Å². The van der Waals surface area contributed by atoms with Gasteiger partial charge < -0.3 is 11.1 Å². The van der Waals surface area contributed by atoms with Crippen molar-refractivity contribution >= 4 is 17.4 Å². The van der Waals surface area contributed by atoms with Gasteiger partial charge in [-0.1, -0.05) is 36.4 Å². The zero-order valence-electron chi connectivity index (χ0n) is 10.4. The molecule has 96 valence electrons. The summed E-state index contributed by atoms with van der Waals surface area (Å²) in [7, 11) is 0. The van der Waals surface area contributed by atoms with Gasteiger partial charge in [0.05, 0.1) is 12.6 Å². The van der Waals surface area contributed by atoms with Crippen molar-refractivity contribution in [1.29, 1.82) is 0 Å². The minimum Gasteiger partial charge on any atom is -0.399 e. The number of benzene rings is 2. The number of nitrogens with one attached hydrogen (secondary N) is 1. The fraction of sp³-hybridized carbons (Fsp3) is 0.133. The van der Waals surface area contributed by atoms with E-state index in [1.165, 1.54) is 0 Å². The van der Waals surface area contributed by atoms with E-state index in [4.69, 9.17) is 5.73 Å². The third kappa shape index (κ3) is 2.25. The number of nitrogen functional groups attached to an aromatic ring is 1. The maximum atomic E-state index is 12.0. The van der Waals surface area contributed by atoms with Crippen LogP contribution < -0.4 is 16.0 Å². The molecule has 1 fully saturated rings.